The van der Waals surface area contributed by atoms with Crippen molar-refractivity contribution < 1.29 is 41.5 Å². The number of amides is 1. The molecular weight excluding hydrogens is 444 g/mol. The van der Waals surface area contributed by atoms with Crippen LogP contribution in [0.3, 0.4) is 0 Å². The van der Waals surface area contributed by atoms with Crippen LogP contribution in [0.5, 0.6) is 5.88 Å². The number of methoxy groups -OCH3 is 1. The molecule has 1 saturated carbocycles. The van der Waals surface area contributed by atoms with Gasteiger partial charge in [0.15, 0.2) is 0 Å². The van der Waals surface area contributed by atoms with Gasteiger partial charge in [0, 0.05) is 35.9 Å². The van der Waals surface area contributed by atoms with E-state index in [1.54, 1.807) is 13.2 Å². The molecule has 0 bridgehead atoms. The number of anilines is 1. The highest BCUT2D eigenvalue weighted by molar-refractivity contribution is 5.97. The summed E-state index contributed by atoms with van der Waals surface area (Å²) in [6.07, 6.45) is -3.19. The average Bonchev–Trinajstić information content (AvgIpc) is 3.63. The van der Waals surface area contributed by atoms with Gasteiger partial charge in [-0.2, -0.15) is 0 Å². The highest BCUT2D eigenvalue weighted by atomic mass is 18.2. The van der Waals surface area contributed by atoms with Crippen molar-refractivity contribution in [2.45, 2.75) is 51.1 Å². The fourth-order valence-corrected chi connectivity index (χ4v) is 3.85. The third kappa shape index (κ3) is 5.96. The Hall–Kier alpha value is -2.46. The minimum Gasteiger partial charge on any atom is -0.476 e. The van der Waals surface area contributed by atoms with Crippen molar-refractivity contribution in [1.82, 2.24) is 10.3 Å². The Bertz CT molecular complexity index is 1080. The number of alkyl halides is 1. The second-order valence-corrected chi connectivity index (χ2v) is 8.49. The lowest BCUT2D eigenvalue weighted by Gasteiger charge is -2.40. The van der Waals surface area contributed by atoms with Crippen molar-refractivity contribution in [1.29, 1.82) is 0 Å². The topological polar surface area (TPSA) is 110 Å². The van der Waals surface area contributed by atoms with E-state index < -0.39 is 37.0 Å². The molecule has 0 unspecified atom stereocenters. The quantitative estimate of drug-likeness (QED) is 0.385. The molecule has 0 aromatic carbocycles. The highest BCUT2D eigenvalue weighted by Gasteiger charge is 2.40. The maximum Gasteiger partial charge on any atom is 0.331 e. The fourth-order valence-electron chi connectivity index (χ4n) is 3.85. The first-order chi connectivity index (χ1) is 18.6. The molecule has 1 aliphatic carbocycles. The van der Waals surface area contributed by atoms with Gasteiger partial charge in [-0.3, -0.25) is 9.18 Å². The predicted molar refractivity (Wildman–Crippen MR) is 124 cm³/mol. The molecule has 9 nitrogen and oxygen atoms in total. The summed E-state index contributed by atoms with van der Waals surface area (Å²) in [6.45, 7) is -3.31. The van der Waals surface area contributed by atoms with E-state index in [2.05, 4.69) is 15.0 Å². The smallest absolute Gasteiger partial charge is 0.331 e. The Balaban J connectivity index is 1.82. The fraction of sp³-hybridized carbons (Fsp3) is 0.708. The van der Waals surface area contributed by atoms with Crippen LogP contribution < -0.4 is 15.0 Å². The molecule has 2 heterocycles. The van der Waals surface area contributed by atoms with E-state index in [1.807, 2.05) is 4.90 Å². The lowest BCUT2D eigenvalue weighted by atomic mass is 9.92. The standard InChI is InChI=1S/C24H36FN3O6/c1-4-24(5-2,23(31)33-10-6-9-25)27-21(30)19-7-8-20(28-12-18(13-28)32-3)22(26-19)34-15-17-11-16(17)14-29/h7-8,16-18,29H,4-6,9-15H2,1-3H3,(H,27,30)/t16-,17-/m1/s1/i6D2,9D2,10D2,25-1. The van der Waals surface area contributed by atoms with Gasteiger partial charge in [-0.05, 0) is 43.2 Å². The number of nitrogens with zero attached hydrogens (tertiary/aromatic N) is 2. The van der Waals surface area contributed by atoms with E-state index >= 15 is 0 Å². The molecule has 190 valence electrons. The van der Waals surface area contributed by atoms with Crippen molar-refractivity contribution in [3.8, 4) is 5.88 Å². The minimum atomic E-state index is -4.17. The molecule has 2 N–H and O–H groups in total. The van der Waals surface area contributed by atoms with Gasteiger partial charge in [-0.25, -0.2) is 9.78 Å². The molecule has 1 amide bonds. The molecular formula is C24H36FN3O6. The van der Waals surface area contributed by atoms with Crippen molar-refractivity contribution in [3.63, 3.8) is 0 Å². The van der Waals surface area contributed by atoms with Crippen molar-refractivity contribution in [2.75, 3.05) is 51.5 Å². The van der Waals surface area contributed by atoms with E-state index in [4.69, 9.17) is 17.7 Å². The Morgan fingerprint density at radius 2 is 2.06 bits per heavy atom. The SMILES string of the molecule is [2H]C([2H])([18F])C([2H])([2H])C([2H])([2H])OC(=O)C(CC)(CC)NC(=O)c1ccc(N2CC(OC)C2)c(OC[C@H]2C[C@@H]2CO)n1. The van der Waals surface area contributed by atoms with Gasteiger partial charge < -0.3 is 29.5 Å². The number of nitrogens with one attached hydrogen (secondary N) is 1. The molecule has 2 aliphatic rings. The van der Waals surface area contributed by atoms with E-state index in [1.165, 1.54) is 19.9 Å². The lowest BCUT2D eigenvalue weighted by molar-refractivity contribution is -0.152. The predicted octanol–water partition coefficient (Wildman–Crippen LogP) is 2.12. The molecule has 3 rings (SSSR count). The Kier molecular flexibility index (Phi) is 6.53. The van der Waals surface area contributed by atoms with Gasteiger partial charge in [0.2, 0.25) is 5.88 Å². The number of esters is 1. The number of carbonyl (C=O) groups excluding carboxylic acids is 2. The van der Waals surface area contributed by atoms with E-state index in [0.717, 1.165) is 6.42 Å². The van der Waals surface area contributed by atoms with Crippen molar-refractivity contribution in [2.24, 2.45) is 11.8 Å². The first-order valence-electron chi connectivity index (χ1n) is 14.3. The maximum absolute atomic E-state index is 13.8. The second kappa shape index (κ2) is 11.8. The molecule has 1 aromatic heterocycles. The van der Waals surface area contributed by atoms with Gasteiger partial charge in [-0.15, -0.1) is 0 Å². The molecule has 10 heteroatoms. The molecule has 0 radical (unpaired) electrons. The monoisotopic (exact) mass is 486 g/mol. The van der Waals surface area contributed by atoms with Crippen LogP contribution in [0.4, 0.5) is 10.1 Å². The largest absolute Gasteiger partial charge is 0.476 e. The van der Waals surface area contributed by atoms with Gasteiger partial charge >= 0.3 is 5.97 Å². The molecule has 34 heavy (non-hydrogen) atoms. The molecule has 0 spiro atoms. The number of hydrogen-bond donors (Lipinski definition) is 2. The summed E-state index contributed by atoms with van der Waals surface area (Å²) in [7, 11) is 1.61. The highest BCUT2D eigenvalue weighted by Crippen LogP contribution is 2.39. The number of carbonyl (C=O) groups is 2. The number of aromatic nitrogens is 1. The van der Waals surface area contributed by atoms with Crippen LogP contribution in [0.1, 0.15) is 58.2 Å². The van der Waals surface area contributed by atoms with Gasteiger partial charge in [0.1, 0.15) is 16.9 Å². The van der Waals surface area contributed by atoms with Crippen molar-refractivity contribution >= 4 is 17.6 Å². The maximum atomic E-state index is 13.8. The zero-order chi connectivity index (χ0) is 30.1. The summed E-state index contributed by atoms with van der Waals surface area (Å²) < 4.78 is 74.2. The summed E-state index contributed by atoms with van der Waals surface area (Å²) in [5.74, 6) is -1.72. The summed E-state index contributed by atoms with van der Waals surface area (Å²) >= 11 is 0. The molecule has 1 aromatic rings. The zero-order valence-electron chi connectivity index (χ0n) is 25.6. The summed E-state index contributed by atoms with van der Waals surface area (Å²) in [5, 5.41) is 11.8. The Labute approximate surface area is 208 Å². The number of halogens is 1. The molecule has 1 aliphatic heterocycles. The number of rotatable bonds is 14. The number of hydrogen-bond acceptors (Lipinski definition) is 8. The minimum absolute atomic E-state index is 0.0405. The molecule has 2 fully saturated rings. The number of pyridine rings is 1. The van der Waals surface area contributed by atoms with Crippen LogP contribution >= 0.6 is 0 Å². The Morgan fingerprint density at radius 3 is 2.65 bits per heavy atom. The Morgan fingerprint density at radius 1 is 1.32 bits per heavy atom. The molecule has 2 atom stereocenters. The van der Waals surface area contributed by atoms with Gasteiger partial charge in [0.05, 0.1) is 31.4 Å². The van der Waals surface area contributed by atoms with Crippen LogP contribution in [0.2, 0.25) is 0 Å². The van der Waals surface area contributed by atoms with Crippen LogP contribution in [0.15, 0.2) is 12.1 Å². The summed E-state index contributed by atoms with van der Waals surface area (Å²) in [6, 6.07) is 3.08. The van der Waals surface area contributed by atoms with Crippen molar-refractivity contribution in [3.05, 3.63) is 17.8 Å². The number of ether oxygens (including phenoxy) is 3. The normalized spacial score (nSPS) is 23.9. The lowest BCUT2D eigenvalue weighted by Crippen LogP contribution is -2.54. The van der Waals surface area contributed by atoms with Gasteiger partial charge in [0.25, 0.3) is 5.91 Å². The third-order valence-corrected chi connectivity index (χ3v) is 6.53. The van der Waals surface area contributed by atoms with Crippen LogP contribution in [0, 0.1) is 11.8 Å². The van der Waals surface area contributed by atoms with Crippen LogP contribution in [0.25, 0.3) is 0 Å². The number of aliphatic hydroxyl groups excluding tert-OH is 1. The first-order valence-corrected chi connectivity index (χ1v) is 11.3. The second-order valence-electron chi connectivity index (χ2n) is 8.49. The van der Waals surface area contributed by atoms with Crippen LogP contribution in [-0.2, 0) is 14.3 Å². The third-order valence-electron chi connectivity index (χ3n) is 6.53. The zero-order valence-corrected chi connectivity index (χ0v) is 19.6. The summed E-state index contributed by atoms with van der Waals surface area (Å²) in [5.41, 5.74) is -1.33. The van der Waals surface area contributed by atoms with Crippen LogP contribution in [-0.4, -0.2) is 80.2 Å². The summed E-state index contributed by atoms with van der Waals surface area (Å²) in [4.78, 5) is 32.7. The van der Waals surface area contributed by atoms with E-state index in [0.29, 0.717) is 18.8 Å². The van der Waals surface area contributed by atoms with E-state index in [-0.39, 0.29) is 55.6 Å². The average molecular weight is 487 g/mol. The molecule has 1 saturated heterocycles. The first kappa shape index (κ1) is 18.8. The van der Waals surface area contributed by atoms with E-state index in [9.17, 15) is 19.1 Å². The number of aliphatic hydroxyl groups is 1. The van der Waals surface area contributed by atoms with Gasteiger partial charge in [-0.1, -0.05) is 13.8 Å².